The molecule has 0 bridgehead atoms. The van der Waals surface area contributed by atoms with Crippen LogP contribution in [0.5, 0.6) is 5.75 Å². The van der Waals surface area contributed by atoms with Crippen molar-refractivity contribution >= 4 is 11.9 Å². The molecule has 0 aliphatic rings. The van der Waals surface area contributed by atoms with Gasteiger partial charge in [-0.25, -0.2) is 0 Å². The third kappa shape index (κ3) is 8.26. The van der Waals surface area contributed by atoms with Crippen molar-refractivity contribution in [1.29, 1.82) is 0 Å². The summed E-state index contributed by atoms with van der Waals surface area (Å²) in [6.45, 7) is 2.14. The smallest absolute Gasteiger partial charge is 0.307 e. The van der Waals surface area contributed by atoms with Gasteiger partial charge in [-0.1, -0.05) is 42.5 Å². The number of aliphatic carboxylic acids is 2. The summed E-state index contributed by atoms with van der Waals surface area (Å²) < 4.78 is 5.14. The van der Waals surface area contributed by atoms with Gasteiger partial charge in [0, 0.05) is 0 Å². The molecular weight excluding hydrogens is 296 g/mol. The van der Waals surface area contributed by atoms with Crippen LogP contribution in [-0.2, 0) is 16.0 Å². The molecule has 2 aromatic rings. The molecule has 0 radical (unpaired) electrons. The highest BCUT2D eigenvalue weighted by Gasteiger charge is 2.01. The summed E-state index contributed by atoms with van der Waals surface area (Å²) >= 11 is 0. The molecule has 0 spiro atoms. The molecule has 2 N–H and O–H groups in total. The molecule has 0 amide bonds. The second-order valence-corrected chi connectivity index (χ2v) is 4.80. The molecule has 23 heavy (non-hydrogen) atoms. The molecule has 5 nitrogen and oxygen atoms in total. The van der Waals surface area contributed by atoms with Crippen LogP contribution < -0.4 is 4.74 Å². The molecule has 0 aromatic heterocycles. The Bertz CT molecular complexity index is 622. The van der Waals surface area contributed by atoms with Crippen molar-refractivity contribution in [3.05, 3.63) is 65.7 Å². The van der Waals surface area contributed by atoms with Crippen molar-refractivity contribution < 1.29 is 24.5 Å². The van der Waals surface area contributed by atoms with E-state index >= 15 is 0 Å². The lowest BCUT2D eigenvalue weighted by atomic mass is 10.1. The number of hydrogen-bond acceptors (Lipinski definition) is 3. The van der Waals surface area contributed by atoms with Crippen molar-refractivity contribution in [1.82, 2.24) is 0 Å². The van der Waals surface area contributed by atoms with E-state index in [-0.39, 0.29) is 19.4 Å². The molecule has 2 aromatic carbocycles. The largest absolute Gasteiger partial charge is 0.493 e. The Morgan fingerprint density at radius 3 is 2.09 bits per heavy atom. The van der Waals surface area contributed by atoms with Crippen LogP contribution in [0.25, 0.3) is 0 Å². The van der Waals surface area contributed by atoms with Crippen LogP contribution in [0.1, 0.15) is 17.5 Å². The lowest BCUT2D eigenvalue weighted by Gasteiger charge is -2.02. The molecular formula is C18H20O5. The molecule has 0 atom stereocenters. The molecule has 122 valence electrons. The third-order valence-electron chi connectivity index (χ3n) is 2.93. The lowest BCUT2D eigenvalue weighted by Crippen LogP contribution is -2.04. The predicted octanol–water partition coefficient (Wildman–Crippen LogP) is 3.16. The minimum absolute atomic E-state index is 0.0366. The van der Waals surface area contributed by atoms with Crippen molar-refractivity contribution in [2.45, 2.75) is 19.8 Å². The molecule has 5 heteroatoms. The summed E-state index contributed by atoms with van der Waals surface area (Å²) in [5.41, 5.74) is 1.93. The number of carbonyl (C=O) groups is 2. The van der Waals surface area contributed by atoms with Gasteiger partial charge < -0.3 is 14.9 Å². The molecule has 0 aliphatic heterocycles. The standard InChI is InChI=1S/C9H10O3.C9H10O2/c10-9(11)6-7-12-8-4-2-1-3-5-8;1-7-4-2-3-5-8(7)6-9(10)11/h1-5H,6-7H2,(H,10,11);2-5H,6H2,1H3,(H,10,11). The Morgan fingerprint density at radius 1 is 0.913 bits per heavy atom. The molecule has 0 unspecified atom stereocenters. The Kier molecular flexibility index (Phi) is 7.92. The van der Waals surface area contributed by atoms with E-state index in [4.69, 9.17) is 14.9 Å². The van der Waals surface area contributed by atoms with Gasteiger partial charge in [-0.15, -0.1) is 0 Å². The SMILES string of the molecule is Cc1ccccc1CC(=O)O.O=C(O)CCOc1ccccc1. The maximum atomic E-state index is 10.3. The van der Waals surface area contributed by atoms with E-state index < -0.39 is 11.9 Å². The number of carboxylic acids is 2. The fourth-order valence-corrected chi connectivity index (χ4v) is 1.74. The first-order valence-electron chi connectivity index (χ1n) is 7.15. The molecule has 0 saturated carbocycles. The van der Waals surface area contributed by atoms with E-state index in [9.17, 15) is 9.59 Å². The first-order valence-corrected chi connectivity index (χ1v) is 7.15. The lowest BCUT2D eigenvalue weighted by molar-refractivity contribution is -0.138. The summed E-state index contributed by atoms with van der Waals surface area (Å²) in [5.74, 6) is -0.913. The Balaban J connectivity index is 0.000000231. The van der Waals surface area contributed by atoms with E-state index in [1.807, 2.05) is 49.4 Å². The molecule has 0 saturated heterocycles. The summed E-state index contributed by atoms with van der Waals surface area (Å²) in [7, 11) is 0. The van der Waals surface area contributed by atoms with Crippen LogP contribution in [0.15, 0.2) is 54.6 Å². The van der Waals surface area contributed by atoms with Gasteiger partial charge in [-0.05, 0) is 30.2 Å². The summed E-state index contributed by atoms with van der Waals surface area (Å²) in [4.78, 5) is 20.4. The number of aryl methyl sites for hydroxylation is 1. The van der Waals surface area contributed by atoms with E-state index in [0.29, 0.717) is 5.75 Å². The number of hydrogen-bond donors (Lipinski definition) is 2. The van der Waals surface area contributed by atoms with E-state index in [2.05, 4.69) is 0 Å². The van der Waals surface area contributed by atoms with Gasteiger partial charge in [0.25, 0.3) is 0 Å². The maximum Gasteiger partial charge on any atom is 0.307 e. The minimum atomic E-state index is -0.842. The van der Waals surface area contributed by atoms with Gasteiger partial charge >= 0.3 is 11.9 Å². The van der Waals surface area contributed by atoms with Crippen LogP contribution in [0.3, 0.4) is 0 Å². The fourth-order valence-electron chi connectivity index (χ4n) is 1.74. The Labute approximate surface area is 135 Å². The van der Waals surface area contributed by atoms with Crippen molar-refractivity contribution in [2.75, 3.05) is 6.61 Å². The van der Waals surface area contributed by atoms with Crippen LogP contribution >= 0.6 is 0 Å². The number of carboxylic acid groups (broad SMARTS) is 2. The molecule has 0 aliphatic carbocycles. The minimum Gasteiger partial charge on any atom is -0.493 e. The molecule has 0 heterocycles. The zero-order chi connectivity index (χ0) is 17.1. The van der Waals surface area contributed by atoms with Gasteiger partial charge in [0.1, 0.15) is 5.75 Å². The highest BCUT2D eigenvalue weighted by molar-refractivity contribution is 5.70. The topological polar surface area (TPSA) is 83.8 Å². The Morgan fingerprint density at radius 2 is 1.52 bits per heavy atom. The zero-order valence-corrected chi connectivity index (χ0v) is 12.9. The van der Waals surface area contributed by atoms with Crippen LogP contribution in [0.4, 0.5) is 0 Å². The monoisotopic (exact) mass is 316 g/mol. The predicted molar refractivity (Wildman–Crippen MR) is 86.7 cm³/mol. The summed E-state index contributed by atoms with van der Waals surface area (Å²) in [6.07, 6.45) is 0.154. The Hall–Kier alpha value is -2.82. The molecule has 2 rings (SSSR count). The maximum absolute atomic E-state index is 10.3. The van der Waals surface area contributed by atoms with E-state index in [1.165, 1.54) is 0 Å². The van der Waals surface area contributed by atoms with Crippen molar-refractivity contribution in [2.24, 2.45) is 0 Å². The normalized spacial score (nSPS) is 9.43. The summed E-state index contributed by atoms with van der Waals surface area (Å²) in [6, 6.07) is 16.7. The number of benzene rings is 2. The van der Waals surface area contributed by atoms with Gasteiger partial charge in [-0.2, -0.15) is 0 Å². The van der Waals surface area contributed by atoms with Crippen LogP contribution in [-0.4, -0.2) is 28.8 Å². The summed E-state index contributed by atoms with van der Waals surface area (Å²) in [5, 5.41) is 16.8. The van der Waals surface area contributed by atoms with Crippen molar-refractivity contribution in [3.8, 4) is 5.75 Å². The molecule has 0 fully saturated rings. The van der Waals surface area contributed by atoms with Gasteiger partial charge in [0.2, 0.25) is 0 Å². The average molecular weight is 316 g/mol. The highest BCUT2D eigenvalue weighted by atomic mass is 16.5. The second kappa shape index (κ2) is 10.00. The fraction of sp³-hybridized carbons (Fsp3) is 0.222. The van der Waals surface area contributed by atoms with E-state index in [0.717, 1.165) is 11.1 Å². The number of rotatable bonds is 6. The van der Waals surface area contributed by atoms with E-state index in [1.54, 1.807) is 12.1 Å². The second-order valence-electron chi connectivity index (χ2n) is 4.80. The van der Waals surface area contributed by atoms with Gasteiger partial charge in [-0.3, -0.25) is 9.59 Å². The number of para-hydroxylation sites is 1. The third-order valence-corrected chi connectivity index (χ3v) is 2.93. The van der Waals surface area contributed by atoms with Crippen molar-refractivity contribution in [3.63, 3.8) is 0 Å². The van der Waals surface area contributed by atoms with Crippen LogP contribution in [0, 0.1) is 6.92 Å². The highest BCUT2D eigenvalue weighted by Crippen LogP contribution is 2.08. The first-order chi connectivity index (χ1) is 11.0. The zero-order valence-electron chi connectivity index (χ0n) is 12.9. The van der Waals surface area contributed by atoms with Gasteiger partial charge in [0.05, 0.1) is 19.4 Å². The average Bonchev–Trinajstić information content (AvgIpc) is 2.51. The quantitative estimate of drug-likeness (QED) is 0.855. The van der Waals surface area contributed by atoms with Gasteiger partial charge in [0.15, 0.2) is 0 Å². The number of ether oxygens (including phenoxy) is 1. The van der Waals surface area contributed by atoms with Crippen LogP contribution in [0.2, 0.25) is 0 Å². The first kappa shape index (κ1) is 18.2.